The first-order chi connectivity index (χ1) is 10.6. The molecule has 1 aromatic heterocycles. The van der Waals surface area contributed by atoms with Gasteiger partial charge in [0.2, 0.25) is 0 Å². The van der Waals surface area contributed by atoms with Gasteiger partial charge in [-0.1, -0.05) is 12.8 Å². The first-order valence-corrected chi connectivity index (χ1v) is 8.51. The number of aryl methyl sites for hydroxylation is 2. The van der Waals surface area contributed by atoms with Crippen LogP contribution in [0.25, 0.3) is 0 Å². The van der Waals surface area contributed by atoms with E-state index >= 15 is 0 Å². The molecular formula is C17H26N2O3. The van der Waals surface area contributed by atoms with Crippen LogP contribution in [-0.4, -0.2) is 39.6 Å². The molecule has 22 heavy (non-hydrogen) atoms. The molecule has 0 bridgehead atoms. The van der Waals surface area contributed by atoms with Crippen molar-refractivity contribution in [2.75, 3.05) is 6.54 Å². The molecule has 1 aliphatic heterocycles. The Hall–Kier alpha value is -1.36. The molecule has 2 heterocycles. The largest absolute Gasteiger partial charge is 0.445 e. The van der Waals surface area contributed by atoms with Crippen LogP contribution in [0, 0.1) is 19.8 Å². The normalized spacial score (nSPS) is 29.6. The Morgan fingerprint density at radius 3 is 2.59 bits per heavy atom. The van der Waals surface area contributed by atoms with Crippen molar-refractivity contribution in [3.05, 3.63) is 17.3 Å². The summed E-state index contributed by atoms with van der Waals surface area (Å²) in [6.45, 7) is 4.32. The Labute approximate surface area is 131 Å². The summed E-state index contributed by atoms with van der Waals surface area (Å²) < 4.78 is 5.42. The highest BCUT2D eigenvalue weighted by molar-refractivity contribution is 5.93. The predicted octanol–water partition coefficient (Wildman–Crippen LogP) is 2.84. The maximum Gasteiger partial charge on any atom is 0.276 e. The molecule has 3 atom stereocenters. The second kappa shape index (κ2) is 6.41. The molecule has 1 saturated carbocycles. The topological polar surface area (TPSA) is 66.6 Å². The minimum absolute atomic E-state index is 0.0307. The number of carbonyl (C=O) groups is 1. The first-order valence-electron chi connectivity index (χ1n) is 8.51. The van der Waals surface area contributed by atoms with E-state index < -0.39 is 0 Å². The molecule has 1 N–H and O–H groups in total. The van der Waals surface area contributed by atoms with Crippen LogP contribution in [0.2, 0.25) is 0 Å². The standard InChI is InChI=1S/C17H26N2O3/c1-11-16(18-12(2)22-11)17(21)19-10-6-5-8-14(19)13-7-3-4-9-15(13)20/h13-15,20H,3-10H2,1-2H3/t13-,14-,15+/m1/s1. The van der Waals surface area contributed by atoms with E-state index in [9.17, 15) is 9.90 Å². The van der Waals surface area contributed by atoms with Gasteiger partial charge in [-0.25, -0.2) is 4.98 Å². The molecule has 1 saturated heterocycles. The number of hydrogen-bond acceptors (Lipinski definition) is 4. The summed E-state index contributed by atoms with van der Waals surface area (Å²) in [6.07, 6.45) is 7.02. The number of aliphatic hydroxyl groups excluding tert-OH is 1. The average molecular weight is 306 g/mol. The van der Waals surface area contributed by atoms with Gasteiger partial charge in [0, 0.05) is 25.4 Å². The zero-order valence-electron chi connectivity index (χ0n) is 13.5. The zero-order valence-corrected chi connectivity index (χ0v) is 13.5. The number of oxazole rings is 1. The summed E-state index contributed by atoms with van der Waals surface area (Å²) in [5.74, 6) is 1.31. The van der Waals surface area contributed by atoms with Crippen molar-refractivity contribution in [2.24, 2.45) is 5.92 Å². The van der Waals surface area contributed by atoms with Crippen LogP contribution in [-0.2, 0) is 0 Å². The summed E-state index contributed by atoms with van der Waals surface area (Å²) in [6, 6.07) is 0.146. The number of nitrogens with zero attached hydrogens (tertiary/aromatic N) is 2. The second-order valence-electron chi connectivity index (χ2n) is 6.72. The van der Waals surface area contributed by atoms with Crippen LogP contribution < -0.4 is 0 Å². The van der Waals surface area contributed by atoms with E-state index in [4.69, 9.17) is 4.42 Å². The van der Waals surface area contributed by atoms with E-state index in [2.05, 4.69) is 4.98 Å². The molecule has 1 amide bonds. The van der Waals surface area contributed by atoms with Gasteiger partial charge in [0.1, 0.15) is 5.76 Å². The van der Waals surface area contributed by atoms with Crippen molar-refractivity contribution in [3.8, 4) is 0 Å². The van der Waals surface area contributed by atoms with E-state index in [0.717, 1.165) is 51.5 Å². The smallest absolute Gasteiger partial charge is 0.276 e. The van der Waals surface area contributed by atoms with Crippen LogP contribution in [0.5, 0.6) is 0 Å². The summed E-state index contributed by atoms with van der Waals surface area (Å²) in [7, 11) is 0. The fourth-order valence-corrected chi connectivity index (χ4v) is 4.11. The van der Waals surface area contributed by atoms with Gasteiger partial charge < -0.3 is 14.4 Å². The summed E-state index contributed by atoms with van der Waals surface area (Å²) >= 11 is 0. The van der Waals surface area contributed by atoms with Crippen molar-refractivity contribution in [3.63, 3.8) is 0 Å². The van der Waals surface area contributed by atoms with E-state index in [1.54, 1.807) is 13.8 Å². The Balaban J connectivity index is 1.83. The zero-order chi connectivity index (χ0) is 15.7. The van der Waals surface area contributed by atoms with E-state index in [0.29, 0.717) is 17.3 Å². The number of likely N-dealkylation sites (tertiary alicyclic amines) is 1. The molecular weight excluding hydrogens is 280 g/mol. The monoisotopic (exact) mass is 306 g/mol. The number of aliphatic hydroxyl groups is 1. The van der Waals surface area contributed by atoms with Crippen LogP contribution in [0.15, 0.2) is 4.42 Å². The quantitative estimate of drug-likeness (QED) is 0.912. The minimum atomic E-state index is -0.271. The molecule has 0 spiro atoms. The number of rotatable bonds is 2. The third-order valence-corrected chi connectivity index (χ3v) is 5.19. The maximum absolute atomic E-state index is 12.9. The van der Waals surface area contributed by atoms with Gasteiger partial charge in [0.15, 0.2) is 11.6 Å². The summed E-state index contributed by atoms with van der Waals surface area (Å²) in [5, 5.41) is 10.4. The fourth-order valence-electron chi connectivity index (χ4n) is 4.11. The number of amides is 1. The molecule has 5 nitrogen and oxygen atoms in total. The van der Waals surface area contributed by atoms with Gasteiger partial charge >= 0.3 is 0 Å². The molecule has 5 heteroatoms. The molecule has 3 rings (SSSR count). The Kier molecular flexibility index (Phi) is 4.52. The van der Waals surface area contributed by atoms with Crippen molar-refractivity contribution >= 4 is 5.91 Å². The fraction of sp³-hybridized carbons (Fsp3) is 0.765. The SMILES string of the molecule is Cc1nc(C(=O)N2CCCC[C@@H]2[C@H]2CCCC[C@@H]2O)c(C)o1. The van der Waals surface area contributed by atoms with Gasteiger partial charge in [-0.15, -0.1) is 0 Å². The van der Waals surface area contributed by atoms with Gasteiger partial charge in [-0.2, -0.15) is 0 Å². The lowest BCUT2D eigenvalue weighted by atomic mass is 9.78. The lowest BCUT2D eigenvalue weighted by molar-refractivity contribution is -0.00155. The number of carbonyl (C=O) groups excluding carboxylic acids is 1. The van der Waals surface area contributed by atoms with Gasteiger partial charge in [0.05, 0.1) is 6.10 Å². The number of piperidine rings is 1. The molecule has 2 aliphatic rings. The van der Waals surface area contributed by atoms with E-state index in [1.807, 2.05) is 4.90 Å². The van der Waals surface area contributed by atoms with E-state index in [1.165, 1.54) is 0 Å². The molecule has 0 unspecified atom stereocenters. The highest BCUT2D eigenvalue weighted by atomic mass is 16.4. The van der Waals surface area contributed by atoms with Gasteiger partial charge in [0.25, 0.3) is 5.91 Å². The number of hydrogen-bond donors (Lipinski definition) is 1. The highest BCUT2D eigenvalue weighted by Gasteiger charge is 2.38. The third kappa shape index (κ3) is 2.91. The van der Waals surface area contributed by atoms with Gasteiger partial charge in [-0.05, 0) is 39.0 Å². The van der Waals surface area contributed by atoms with Crippen LogP contribution in [0.4, 0.5) is 0 Å². The van der Waals surface area contributed by atoms with Crippen LogP contribution >= 0.6 is 0 Å². The van der Waals surface area contributed by atoms with Crippen molar-refractivity contribution in [1.82, 2.24) is 9.88 Å². The lowest BCUT2D eigenvalue weighted by Crippen LogP contribution is -2.51. The minimum Gasteiger partial charge on any atom is -0.445 e. The van der Waals surface area contributed by atoms with Crippen LogP contribution in [0.1, 0.15) is 67.1 Å². The molecule has 1 aromatic rings. The molecule has 0 aromatic carbocycles. The van der Waals surface area contributed by atoms with Crippen LogP contribution in [0.3, 0.4) is 0 Å². The maximum atomic E-state index is 12.9. The Morgan fingerprint density at radius 1 is 1.18 bits per heavy atom. The number of aromatic nitrogens is 1. The summed E-state index contributed by atoms with van der Waals surface area (Å²) in [4.78, 5) is 19.1. The molecule has 122 valence electrons. The van der Waals surface area contributed by atoms with Crippen molar-refractivity contribution < 1.29 is 14.3 Å². The summed E-state index contributed by atoms with van der Waals surface area (Å²) in [5.41, 5.74) is 0.440. The first kappa shape index (κ1) is 15.5. The lowest BCUT2D eigenvalue weighted by Gasteiger charge is -2.43. The Bertz CT molecular complexity index is 540. The molecule has 2 fully saturated rings. The molecule has 0 radical (unpaired) electrons. The highest BCUT2D eigenvalue weighted by Crippen LogP contribution is 2.34. The second-order valence-corrected chi connectivity index (χ2v) is 6.72. The van der Waals surface area contributed by atoms with Crippen molar-refractivity contribution in [1.29, 1.82) is 0 Å². The van der Waals surface area contributed by atoms with Gasteiger partial charge in [-0.3, -0.25) is 4.79 Å². The van der Waals surface area contributed by atoms with Crippen molar-refractivity contribution in [2.45, 2.75) is 70.9 Å². The molecule has 1 aliphatic carbocycles. The third-order valence-electron chi connectivity index (χ3n) is 5.19. The van der Waals surface area contributed by atoms with E-state index in [-0.39, 0.29) is 24.0 Å². The Morgan fingerprint density at radius 2 is 1.91 bits per heavy atom. The predicted molar refractivity (Wildman–Crippen MR) is 82.6 cm³/mol. The average Bonchev–Trinajstić information content (AvgIpc) is 2.86.